The minimum atomic E-state index is -4.49. The van der Waals surface area contributed by atoms with Crippen LogP contribution in [0.4, 0.5) is 13.2 Å². The first-order valence-electron chi connectivity index (χ1n) is 13.1. The number of nitriles is 1. The van der Waals surface area contributed by atoms with E-state index in [2.05, 4.69) is 22.0 Å². The molecule has 2 aliphatic heterocycles. The van der Waals surface area contributed by atoms with Crippen molar-refractivity contribution in [2.75, 3.05) is 13.1 Å². The van der Waals surface area contributed by atoms with Crippen LogP contribution in [-0.4, -0.2) is 65.6 Å². The number of likely N-dealkylation sites (tertiary alicyclic amines) is 1. The van der Waals surface area contributed by atoms with Crippen molar-refractivity contribution in [3.05, 3.63) is 0 Å². The molecule has 2 aliphatic carbocycles. The number of amides is 3. The summed E-state index contributed by atoms with van der Waals surface area (Å²) in [5, 5.41) is 17.9. The fourth-order valence-electron chi connectivity index (χ4n) is 6.40. The molecule has 2 heterocycles. The molecule has 0 radical (unpaired) electrons. The van der Waals surface area contributed by atoms with Crippen LogP contribution in [0.2, 0.25) is 0 Å². The van der Waals surface area contributed by atoms with E-state index >= 15 is 0 Å². The molecule has 3 amide bonds. The Hall–Kier alpha value is -2.35. The van der Waals surface area contributed by atoms with Gasteiger partial charge in [0.15, 0.2) is 0 Å². The Bertz CT molecular complexity index is 995. The predicted molar refractivity (Wildman–Crippen MR) is 129 cm³/mol. The number of carbonyl (C=O) groups excluding carboxylic acids is 3. The van der Waals surface area contributed by atoms with Crippen molar-refractivity contribution < 1.29 is 27.6 Å². The first kappa shape index (κ1) is 27.7. The minimum absolute atomic E-state index is 0.0508. The van der Waals surface area contributed by atoms with Crippen LogP contribution in [0.15, 0.2) is 0 Å². The zero-order valence-corrected chi connectivity index (χ0v) is 22.2. The van der Waals surface area contributed by atoms with E-state index < -0.39 is 48.1 Å². The zero-order chi connectivity index (χ0) is 27.6. The summed E-state index contributed by atoms with van der Waals surface area (Å²) in [7, 11) is 0. The molecule has 37 heavy (non-hydrogen) atoms. The average Bonchev–Trinajstić information content (AvgIpc) is 3.55. The highest BCUT2D eigenvalue weighted by molar-refractivity contribution is 5.92. The summed E-state index contributed by atoms with van der Waals surface area (Å²) in [4.78, 5) is 41.1. The van der Waals surface area contributed by atoms with Gasteiger partial charge in [-0.15, -0.1) is 0 Å². The number of fused-ring (bicyclic) bond motifs is 1. The molecule has 0 aromatic carbocycles. The van der Waals surface area contributed by atoms with Gasteiger partial charge in [-0.3, -0.25) is 19.7 Å². The van der Waals surface area contributed by atoms with Crippen molar-refractivity contribution in [1.29, 1.82) is 5.26 Å². The van der Waals surface area contributed by atoms with Crippen molar-refractivity contribution in [3.63, 3.8) is 0 Å². The second kappa shape index (κ2) is 9.14. The molecule has 6 atom stereocenters. The van der Waals surface area contributed by atoms with Gasteiger partial charge in [-0.1, -0.05) is 34.6 Å². The number of alkyl halides is 3. The molecule has 206 valence electrons. The largest absolute Gasteiger partial charge is 0.401 e. The van der Waals surface area contributed by atoms with E-state index in [0.717, 1.165) is 19.3 Å². The molecular formula is C26H38F3N5O3. The molecule has 2 saturated heterocycles. The van der Waals surface area contributed by atoms with Gasteiger partial charge in [0.1, 0.15) is 12.1 Å². The second-order valence-electron chi connectivity index (χ2n) is 13.1. The van der Waals surface area contributed by atoms with Crippen LogP contribution in [0.5, 0.6) is 0 Å². The highest BCUT2D eigenvalue weighted by Crippen LogP contribution is 2.65. The van der Waals surface area contributed by atoms with Gasteiger partial charge in [-0.25, -0.2) is 0 Å². The van der Waals surface area contributed by atoms with Gasteiger partial charge in [-0.2, -0.15) is 18.4 Å². The molecule has 3 N–H and O–H groups in total. The normalized spacial score (nSPS) is 31.1. The maximum Gasteiger partial charge on any atom is 0.401 e. The molecular weight excluding hydrogens is 487 g/mol. The van der Waals surface area contributed by atoms with Crippen LogP contribution in [-0.2, 0) is 14.4 Å². The van der Waals surface area contributed by atoms with Crippen molar-refractivity contribution in [2.45, 2.75) is 96.6 Å². The Labute approximate surface area is 216 Å². The number of nitrogens with zero attached hydrogens (tertiary/aromatic N) is 2. The maximum absolute atomic E-state index is 13.6. The molecule has 0 bridgehead atoms. The Morgan fingerprint density at radius 2 is 1.86 bits per heavy atom. The number of carbonyl (C=O) groups is 3. The predicted octanol–water partition coefficient (Wildman–Crippen LogP) is 2.49. The zero-order valence-electron chi connectivity index (χ0n) is 22.2. The van der Waals surface area contributed by atoms with Crippen molar-refractivity contribution in [1.82, 2.24) is 20.9 Å². The lowest BCUT2D eigenvalue weighted by atomic mass is 9.85. The van der Waals surface area contributed by atoms with Gasteiger partial charge >= 0.3 is 6.18 Å². The van der Waals surface area contributed by atoms with Gasteiger partial charge in [0, 0.05) is 18.0 Å². The van der Waals surface area contributed by atoms with E-state index in [9.17, 15) is 32.8 Å². The highest BCUT2D eigenvalue weighted by atomic mass is 19.4. The maximum atomic E-state index is 13.6. The third-order valence-corrected chi connectivity index (χ3v) is 8.96. The van der Waals surface area contributed by atoms with Crippen molar-refractivity contribution in [2.24, 2.45) is 28.6 Å². The summed E-state index contributed by atoms with van der Waals surface area (Å²) >= 11 is 0. The van der Waals surface area contributed by atoms with E-state index in [-0.39, 0.29) is 47.6 Å². The fourth-order valence-corrected chi connectivity index (χ4v) is 6.40. The number of piperidine rings is 2. The highest BCUT2D eigenvalue weighted by Gasteiger charge is 2.69. The minimum Gasteiger partial charge on any atom is -0.350 e. The number of hydrogen-bond acceptors (Lipinski definition) is 5. The lowest BCUT2D eigenvalue weighted by molar-refractivity contribution is -0.147. The van der Waals surface area contributed by atoms with Crippen LogP contribution < -0.4 is 16.0 Å². The third kappa shape index (κ3) is 5.59. The second-order valence-corrected chi connectivity index (χ2v) is 13.1. The van der Waals surface area contributed by atoms with Gasteiger partial charge in [0.25, 0.3) is 0 Å². The van der Waals surface area contributed by atoms with Gasteiger partial charge in [0.2, 0.25) is 17.7 Å². The SMILES string of the molecule is CC(C)(C)C(NCC(F)(F)F)C(=O)N1CC2C(C1C(=O)NC(C#N)CC1CCC3(CC3)NC1=O)C2(C)C. The smallest absolute Gasteiger partial charge is 0.350 e. The molecule has 0 aromatic heterocycles. The molecule has 0 aromatic rings. The van der Waals surface area contributed by atoms with Crippen molar-refractivity contribution in [3.8, 4) is 6.07 Å². The molecule has 4 rings (SSSR count). The van der Waals surface area contributed by atoms with E-state index in [1.165, 1.54) is 4.90 Å². The molecule has 11 heteroatoms. The van der Waals surface area contributed by atoms with Crippen LogP contribution in [0.1, 0.15) is 66.7 Å². The van der Waals surface area contributed by atoms with Crippen LogP contribution in [0.25, 0.3) is 0 Å². The summed E-state index contributed by atoms with van der Waals surface area (Å²) in [6.07, 6.45) is -0.843. The summed E-state index contributed by atoms with van der Waals surface area (Å²) in [6.45, 7) is 8.03. The van der Waals surface area contributed by atoms with Gasteiger partial charge in [-0.05, 0) is 54.8 Å². The molecule has 8 nitrogen and oxygen atoms in total. The number of halogens is 3. The third-order valence-electron chi connectivity index (χ3n) is 8.96. The lowest BCUT2D eigenvalue weighted by Crippen LogP contribution is -2.60. The monoisotopic (exact) mass is 525 g/mol. The number of rotatable bonds is 7. The molecule has 4 aliphatic rings. The van der Waals surface area contributed by atoms with E-state index in [0.29, 0.717) is 6.42 Å². The number of hydrogen-bond donors (Lipinski definition) is 3. The molecule has 2 saturated carbocycles. The summed E-state index contributed by atoms with van der Waals surface area (Å²) in [6, 6.07) is -0.841. The first-order valence-corrected chi connectivity index (χ1v) is 13.1. The van der Waals surface area contributed by atoms with Crippen LogP contribution in [0.3, 0.4) is 0 Å². The topological polar surface area (TPSA) is 114 Å². The lowest BCUT2D eigenvalue weighted by Gasteiger charge is -2.38. The van der Waals surface area contributed by atoms with Crippen molar-refractivity contribution >= 4 is 17.7 Å². The van der Waals surface area contributed by atoms with E-state index in [1.807, 2.05) is 13.8 Å². The quantitative estimate of drug-likeness (QED) is 0.473. The Kier molecular flexibility index (Phi) is 6.84. The molecule has 6 unspecified atom stereocenters. The van der Waals surface area contributed by atoms with Gasteiger partial charge < -0.3 is 15.5 Å². The summed E-state index contributed by atoms with van der Waals surface area (Å²) < 4.78 is 38.9. The van der Waals surface area contributed by atoms with Crippen LogP contribution >= 0.6 is 0 Å². The molecule has 4 fully saturated rings. The standard InChI is InChI=1S/C26H38F3N5O3/c1-23(2,3)19(31-13-26(27,28)29)22(37)34-12-16-17(24(16,4)5)18(34)21(36)32-15(11-30)10-14-6-7-25(8-9-25)33-20(14)35/h14-19,31H,6-10,12-13H2,1-5H3,(H,32,36)(H,33,35). The number of nitrogens with one attached hydrogen (secondary N) is 3. The Morgan fingerprint density at radius 3 is 2.38 bits per heavy atom. The molecule has 1 spiro atoms. The van der Waals surface area contributed by atoms with Gasteiger partial charge in [0.05, 0.1) is 18.7 Å². The first-order chi connectivity index (χ1) is 17.0. The average molecular weight is 526 g/mol. The fraction of sp³-hybridized carbons (Fsp3) is 0.846. The Morgan fingerprint density at radius 1 is 1.22 bits per heavy atom. The summed E-state index contributed by atoms with van der Waals surface area (Å²) in [5.74, 6) is -1.60. The Balaban J connectivity index is 1.47. The van der Waals surface area contributed by atoms with E-state index in [1.54, 1.807) is 20.8 Å². The van der Waals surface area contributed by atoms with E-state index in [4.69, 9.17) is 0 Å². The van der Waals surface area contributed by atoms with Crippen LogP contribution in [0, 0.1) is 39.9 Å². The summed E-state index contributed by atoms with van der Waals surface area (Å²) in [5.41, 5.74) is -1.09.